The Kier molecular flexibility index (Phi) is 6.67. The maximum atomic E-state index is 5.59. The van der Waals surface area contributed by atoms with Gasteiger partial charge in [0.1, 0.15) is 4.71 Å². The molecule has 3 unspecified atom stereocenters. The Balaban J connectivity index is 1.55. The Morgan fingerprint density at radius 3 is 2.96 bits per heavy atom. The van der Waals surface area contributed by atoms with Crippen LogP contribution >= 0.6 is 35.3 Å². The average Bonchev–Trinajstić information content (AvgIpc) is 3.25. The average molecular weight is 374 g/mol. The molecule has 3 N–H and O–H groups in total. The van der Waals surface area contributed by atoms with Gasteiger partial charge < -0.3 is 9.47 Å². The van der Waals surface area contributed by atoms with Gasteiger partial charge in [0, 0.05) is 17.5 Å². The van der Waals surface area contributed by atoms with Crippen molar-refractivity contribution < 1.29 is 9.47 Å². The lowest BCUT2D eigenvalue weighted by Gasteiger charge is -2.17. The number of hydrazine groups is 1. The van der Waals surface area contributed by atoms with Crippen molar-refractivity contribution >= 4 is 35.3 Å². The zero-order chi connectivity index (χ0) is 16.1. The predicted octanol–water partition coefficient (Wildman–Crippen LogP) is 2.61. The highest BCUT2D eigenvalue weighted by Crippen LogP contribution is 2.38. The molecule has 3 atom stereocenters. The number of benzene rings is 1. The topological polar surface area (TPSA) is 54.5 Å². The van der Waals surface area contributed by atoms with Gasteiger partial charge in [-0.2, -0.15) is 0 Å². The number of nitrogens with one attached hydrogen (secondary N) is 3. The number of methoxy groups -OCH3 is 1. The highest BCUT2D eigenvalue weighted by Gasteiger charge is 2.27. The lowest BCUT2D eigenvalue weighted by Crippen LogP contribution is -2.32. The largest absolute Gasteiger partial charge is 0.493 e. The van der Waals surface area contributed by atoms with Crippen LogP contribution in [0.1, 0.15) is 17.9 Å². The summed E-state index contributed by atoms with van der Waals surface area (Å²) in [7, 11) is 1.69. The van der Waals surface area contributed by atoms with Crippen molar-refractivity contribution in [1.82, 2.24) is 16.2 Å². The van der Waals surface area contributed by atoms with E-state index in [1.165, 1.54) is 5.56 Å². The summed E-state index contributed by atoms with van der Waals surface area (Å²) in [5.74, 6) is 4.86. The van der Waals surface area contributed by atoms with E-state index in [1.807, 2.05) is 48.3 Å². The maximum Gasteiger partial charge on any atom is 0.161 e. The molecule has 0 bridgehead atoms. The van der Waals surface area contributed by atoms with Gasteiger partial charge in [-0.1, -0.05) is 6.07 Å². The van der Waals surface area contributed by atoms with E-state index in [4.69, 9.17) is 9.47 Å². The van der Waals surface area contributed by atoms with Crippen molar-refractivity contribution in [3.8, 4) is 11.5 Å². The van der Waals surface area contributed by atoms with Gasteiger partial charge in [0.15, 0.2) is 11.5 Å². The second-order valence-electron chi connectivity index (χ2n) is 5.22. The molecule has 0 saturated carbocycles. The van der Waals surface area contributed by atoms with E-state index in [1.54, 1.807) is 7.11 Å². The van der Waals surface area contributed by atoms with Crippen LogP contribution in [0.25, 0.3) is 0 Å². The van der Waals surface area contributed by atoms with E-state index in [9.17, 15) is 0 Å². The quantitative estimate of drug-likeness (QED) is 0.674. The summed E-state index contributed by atoms with van der Waals surface area (Å²) in [4.78, 5) is 0. The summed E-state index contributed by atoms with van der Waals surface area (Å²) >= 11 is 5.83. The standard InChI is InChI=1S/C15H23N3O2S3/c1-3-20-12-5-4-10(6-13(12)19-2)14-17-11(7-21-14)8-22-15-18-16-9-23-15/h4-6,11,14-18H,3,7-9H2,1-2H3. The van der Waals surface area contributed by atoms with Crippen LogP contribution in [0.3, 0.4) is 0 Å². The third-order valence-corrected chi connectivity index (χ3v) is 7.52. The van der Waals surface area contributed by atoms with Gasteiger partial charge in [-0.25, -0.2) is 10.9 Å². The normalized spacial score (nSPS) is 27.3. The number of hydrogen-bond donors (Lipinski definition) is 3. The summed E-state index contributed by atoms with van der Waals surface area (Å²) in [5.41, 5.74) is 7.67. The monoisotopic (exact) mass is 373 g/mol. The molecule has 2 aliphatic heterocycles. The number of ether oxygens (including phenoxy) is 2. The van der Waals surface area contributed by atoms with Crippen LogP contribution in [-0.4, -0.2) is 41.8 Å². The minimum atomic E-state index is 0.326. The van der Waals surface area contributed by atoms with Crippen LogP contribution in [0.15, 0.2) is 18.2 Å². The number of hydrogen-bond acceptors (Lipinski definition) is 8. The molecule has 3 rings (SSSR count). The smallest absolute Gasteiger partial charge is 0.161 e. The Bertz CT molecular complexity index is 515. The Hall–Kier alpha value is -0.250. The lowest BCUT2D eigenvalue weighted by atomic mass is 10.2. The van der Waals surface area contributed by atoms with Crippen LogP contribution in [0.5, 0.6) is 11.5 Å². The van der Waals surface area contributed by atoms with Crippen molar-refractivity contribution in [3.63, 3.8) is 0 Å². The first-order valence-electron chi connectivity index (χ1n) is 7.70. The van der Waals surface area contributed by atoms with E-state index in [0.717, 1.165) is 28.9 Å². The fraction of sp³-hybridized carbons (Fsp3) is 0.600. The molecule has 0 aliphatic carbocycles. The summed E-state index contributed by atoms with van der Waals surface area (Å²) in [6.45, 7) is 2.63. The fourth-order valence-corrected chi connectivity index (χ4v) is 6.02. The summed E-state index contributed by atoms with van der Waals surface area (Å²) in [6.07, 6.45) is 0. The molecule has 1 aromatic carbocycles. The zero-order valence-electron chi connectivity index (χ0n) is 13.3. The summed E-state index contributed by atoms with van der Waals surface area (Å²) < 4.78 is 11.5. The van der Waals surface area contributed by atoms with Crippen LogP contribution in [0, 0.1) is 0 Å². The molecular formula is C15H23N3O2S3. The third kappa shape index (κ3) is 4.64. The highest BCUT2D eigenvalue weighted by atomic mass is 32.2. The first-order valence-corrected chi connectivity index (χ1v) is 10.8. The van der Waals surface area contributed by atoms with Crippen molar-refractivity contribution in [2.45, 2.75) is 23.0 Å². The van der Waals surface area contributed by atoms with Gasteiger partial charge in [-0.15, -0.1) is 35.3 Å². The van der Waals surface area contributed by atoms with Crippen LogP contribution in [0.2, 0.25) is 0 Å². The van der Waals surface area contributed by atoms with E-state index in [-0.39, 0.29) is 0 Å². The zero-order valence-corrected chi connectivity index (χ0v) is 15.8. The lowest BCUT2D eigenvalue weighted by molar-refractivity contribution is 0.310. The molecule has 2 saturated heterocycles. The van der Waals surface area contributed by atoms with Crippen LogP contribution in [-0.2, 0) is 0 Å². The van der Waals surface area contributed by atoms with Crippen molar-refractivity contribution in [3.05, 3.63) is 23.8 Å². The van der Waals surface area contributed by atoms with Gasteiger partial charge in [0.25, 0.3) is 0 Å². The predicted molar refractivity (Wildman–Crippen MR) is 101 cm³/mol. The maximum absolute atomic E-state index is 5.59. The third-order valence-electron chi connectivity index (χ3n) is 3.62. The molecule has 1 aromatic rings. The molecule has 0 aromatic heterocycles. The van der Waals surface area contributed by atoms with Crippen molar-refractivity contribution in [2.75, 3.05) is 31.1 Å². The van der Waals surface area contributed by atoms with Gasteiger partial charge in [0.2, 0.25) is 0 Å². The minimum absolute atomic E-state index is 0.326. The molecule has 2 aliphatic rings. The van der Waals surface area contributed by atoms with E-state index >= 15 is 0 Å². The second kappa shape index (κ2) is 8.73. The molecule has 0 spiro atoms. The van der Waals surface area contributed by atoms with E-state index in [0.29, 0.717) is 22.7 Å². The van der Waals surface area contributed by atoms with Gasteiger partial charge in [-0.05, 0) is 24.6 Å². The molecule has 2 fully saturated rings. The molecule has 5 nitrogen and oxygen atoms in total. The second-order valence-corrected chi connectivity index (χ2v) is 8.89. The van der Waals surface area contributed by atoms with Crippen LogP contribution < -0.4 is 25.6 Å². The number of thioether (sulfide) groups is 3. The molecule has 128 valence electrons. The molecule has 8 heteroatoms. The minimum Gasteiger partial charge on any atom is -0.493 e. The highest BCUT2D eigenvalue weighted by molar-refractivity contribution is 8.17. The Labute approximate surface area is 150 Å². The van der Waals surface area contributed by atoms with Gasteiger partial charge in [-0.3, -0.25) is 5.32 Å². The van der Waals surface area contributed by atoms with E-state index in [2.05, 4.69) is 28.3 Å². The van der Waals surface area contributed by atoms with Crippen molar-refractivity contribution in [1.29, 1.82) is 0 Å². The molecule has 0 amide bonds. The van der Waals surface area contributed by atoms with Gasteiger partial charge in [0.05, 0.1) is 25.0 Å². The number of rotatable bonds is 7. The SMILES string of the molecule is CCOc1ccc(C2NC(CSC3NNCS3)CS2)cc1OC. The molecule has 23 heavy (non-hydrogen) atoms. The molecular weight excluding hydrogens is 350 g/mol. The summed E-state index contributed by atoms with van der Waals surface area (Å²) in [6, 6.07) is 6.76. The van der Waals surface area contributed by atoms with Crippen molar-refractivity contribution in [2.24, 2.45) is 0 Å². The Morgan fingerprint density at radius 1 is 1.30 bits per heavy atom. The summed E-state index contributed by atoms with van der Waals surface area (Å²) in [5, 5.41) is 4.05. The van der Waals surface area contributed by atoms with Crippen LogP contribution in [0.4, 0.5) is 0 Å². The fourth-order valence-electron chi connectivity index (χ4n) is 2.51. The van der Waals surface area contributed by atoms with E-state index < -0.39 is 0 Å². The molecule has 2 heterocycles. The molecule has 0 radical (unpaired) electrons. The van der Waals surface area contributed by atoms with Gasteiger partial charge >= 0.3 is 0 Å². The first kappa shape index (κ1) is 17.6. The first-order chi connectivity index (χ1) is 11.3. The Morgan fingerprint density at radius 2 is 2.22 bits per heavy atom.